The molecule has 0 atom stereocenters. The Bertz CT molecular complexity index is 1340. The van der Waals surface area contributed by atoms with Crippen LogP contribution in [0, 0.1) is 0 Å². The number of ether oxygens (including phenoxy) is 5. The van der Waals surface area contributed by atoms with E-state index in [0.717, 1.165) is 29.4 Å². The van der Waals surface area contributed by atoms with E-state index in [2.05, 4.69) is 13.2 Å². The van der Waals surface area contributed by atoms with Gasteiger partial charge in [0.1, 0.15) is 17.2 Å². The molecule has 9 heteroatoms. The third-order valence-corrected chi connectivity index (χ3v) is 6.08. The van der Waals surface area contributed by atoms with E-state index in [1.54, 1.807) is 36.4 Å². The molecule has 0 amide bonds. The maximum atomic E-state index is 12.6. The van der Waals surface area contributed by atoms with Gasteiger partial charge < -0.3 is 28.8 Å². The van der Waals surface area contributed by atoms with Crippen molar-refractivity contribution in [2.24, 2.45) is 0 Å². The first-order valence-corrected chi connectivity index (χ1v) is 13.9. The molecule has 3 aromatic carbocycles. The molecule has 0 aromatic heterocycles. The van der Waals surface area contributed by atoms with Crippen LogP contribution in [0.5, 0.6) is 17.2 Å². The van der Waals surface area contributed by atoms with Crippen molar-refractivity contribution in [3.05, 3.63) is 103 Å². The number of benzene rings is 3. The second-order valence-electron chi connectivity index (χ2n) is 9.34. The molecule has 0 heterocycles. The molecule has 0 aliphatic heterocycles. The average molecular weight is 589 g/mol. The Morgan fingerprint density at radius 1 is 0.651 bits per heavy atom. The molecule has 3 aromatic rings. The quantitative estimate of drug-likeness (QED) is 0.0863. The van der Waals surface area contributed by atoms with Gasteiger partial charge >= 0.3 is 17.9 Å². The highest BCUT2D eigenvalue weighted by Crippen LogP contribution is 2.24. The van der Waals surface area contributed by atoms with Crippen molar-refractivity contribution in [1.29, 1.82) is 0 Å². The van der Waals surface area contributed by atoms with Crippen molar-refractivity contribution in [1.82, 2.24) is 0 Å². The van der Waals surface area contributed by atoms with Crippen molar-refractivity contribution in [2.75, 3.05) is 33.0 Å². The van der Waals surface area contributed by atoms with Gasteiger partial charge in [-0.1, -0.05) is 37.4 Å². The Morgan fingerprint density at radius 3 is 1.65 bits per heavy atom. The Morgan fingerprint density at radius 2 is 1.12 bits per heavy atom. The molecular formula is C34H36O9. The number of rotatable bonds is 18. The molecule has 0 spiro atoms. The van der Waals surface area contributed by atoms with Crippen LogP contribution < -0.4 is 14.2 Å². The number of hydrogen-bond acceptors (Lipinski definition) is 9. The summed E-state index contributed by atoms with van der Waals surface area (Å²) in [5.74, 6) is 0.283. The van der Waals surface area contributed by atoms with Crippen LogP contribution in [0.4, 0.5) is 0 Å². The van der Waals surface area contributed by atoms with E-state index in [1.165, 1.54) is 0 Å². The molecule has 226 valence electrons. The minimum absolute atomic E-state index is 0.0374. The fourth-order valence-electron chi connectivity index (χ4n) is 3.66. The number of aliphatic hydroxyl groups is 1. The highest BCUT2D eigenvalue weighted by atomic mass is 16.5. The summed E-state index contributed by atoms with van der Waals surface area (Å²) in [4.78, 5) is 35.1. The van der Waals surface area contributed by atoms with E-state index in [0.29, 0.717) is 56.1 Å². The average Bonchev–Trinajstić information content (AvgIpc) is 3.04. The topological polar surface area (TPSA) is 118 Å². The highest BCUT2D eigenvalue weighted by molar-refractivity contribution is 5.91. The molecule has 0 unspecified atom stereocenters. The van der Waals surface area contributed by atoms with E-state index in [4.69, 9.17) is 28.8 Å². The summed E-state index contributed by atoms with van der Waals surface area (Å²) in [6, 6.07) is 21.6. The van der Waals surface area contributed by atoms with E-state index < -0.39 is 24.5 Å². The molecule has 9 nitrogen and oxygen atoms in total. The van der Waals surface area contributed by atoms with E-state index in [9.17, 15) is 14.4 Å². The lowest BCUT2D eigenvalue weighted by molar-refractivity contribution is -0.140. The molecule has 43 heavy (non-hydrogen) atoms. The number of aliphatic hydroxyl groups excluding tert-OH is 1. The number of esters is 3. The first kappa shape index (κ1) is 32.6. The third kappa shape index (κ3) is 11.5. The SMILES string of the molecule is C=CC(=O)OCCCCOc1ccc(OC(=O)c2ccc(-c3ccc(OCCCCOC(=O)C(=C)CO)cc3)cc2)cc1. The van der Waals surface area contributed by atoms with Crippen molar-refractivity contribution in [3.63, 3.8) is 0 Å². The van der Waals surface area contributed by atoms with Gasteiger partial charge in [-0.05, 0) is 85.3 Å². The van der Waals surface area contributed by atoms with Gasteiger partial charge in [-0.25, -0.2) is 14.4 Å². The van der Waals surface area contributed by atoms with Crippen molar-refractivity contribution >= 4 is 17.9 Å². The molecule has 0 radical (unpaired) electrons. The van der Waals surface area contributed by atoms with Crippen LogP contribution in [0.2, 0.25) is 0 Å². The van der Waals surface area contributed by atoms with Crippen LogP contribution in [0.3, 0.4) is 0 Å². The fraction of sp³-hybridized carbons (Fsp3) is 0.265. The molecule has 0 aliphatic carbocycles. The Hall–Kier alpha value is -4.89. The second-order valence-corrected chi connectivity index (χ2v) is 9.34. The summed E-state index contributed by atoms with van der Waals surface area (Å²) >= 11 is 0. The number of unbranched alkanes of at least 4 members (excludes halogenated alkanes) is 2. The zero-order chi connectivity index (χ0) is 30.9. The van der Waals surface area contributed by atoms with Crippen LogP contribution in [0.15, 0.2) is 97.6 Å². The molecule has 0 bridgehead atoms. The Balaban J connectivity index is 1.37. The lowest BCUT2D eigenvalue weighted by Crippen LogP contribution is -2.11. The van der Waals surface area contributed by atoms with Gasteiger partial charge in [-0.2, -0.15) is 0 Å². The van der Waals surface area contributed by atoms with E-state index in [-0.39, 0.29) is 12.2 Å². The predicted molar refractivity (Wildman–Crippen MR) is 161 cm³/mol. The second kappa shape index (κ2) is 17.8. The molecule has 3 rings (SSSR count). The number of carbonyl (C=O) groups is 3. The van der Waals surface area contributed by atoms with Gasteiger partial charge in [0.05, 0.1) is 44.2 Å². The standard InChI is InChI=1S/C34H36O9/c1-3-32(36)41-22-6-4-20-40-30-16-18-31(19-17-30)43-34(38)28-10-8-26(9-11-28)27-12-14-29(15-13-27)39-21-5-7-23-42-33(37)25(2)24-35/h3,8-19,35H,1-2,4-7,20-24H2. The molecule has 0 saturated carbocycles. The molecule has 0 aliphatic rings. The molecule has 1 N–H and O–H groups in total. The summed E-state index contributed by atoms with van der Waals surface area (Å²) in [5, 5.41) is 8.85. The van der Waals surface area contributed by atoms with Gasteiger partial charge in [-0.3, -0.25) is 0 Å². The summed E-state index contributed by atoms with van der Waals surface area (Å²) in [7, 11) is 0. The van der Waals surface area contributed by atoms with Gasteiger partial charge in [0.25, 0.3) is 0 Å². The van der Waals surface area contributed by atoms with Gasteiger partial charge in [0, 0.05) is 6.08 Å². The van der Waals surface area contributed by atoms with Crippen LogP contribution in [-0.2, 0) is 19.1 Å². The lowest BCUT2D eigenvalue weighted by Gasteiger charge is -2.09. The van der Waals surface area contributed by atoms with Crippen LogP contribution >= 0.6 is 0 Å². The lowest BCUT2D eigenvalue weighted by atomic mass is 10.0. The smallest absolute Gasteiger partial charge is 0.343 e. The maximum absolute atomic E-state index is 12.6. The summed E-state index contributed by atoms with van der Waals surface area (Å²) in [6.45, 7) is 7.86. The summed E-state index contributed by atoms with van der Waals surface area (Å²) < 4.78 is 26.8. The van der Waals surface area contributed by atoms with Crippen molar-refractivity contribution in [3.8, 4) is 28.4 Å². The maximum Gasteiger partial charge on any atom is 0.343 e. The Labute approximate surface area is 251 Å². The first-order valence-electron chi connectivity index (χ1n) is 13.9. The zero-order valence-electron chi connectivity index (χ0n) is 24.0. The first-order chi connectivity index (χ1) is 20.9. The van der Waals surface area contributed by atoms with E-state index >= 15 is 0 Å². The van der Waals surface area contributed by atoms with Gasteiger partial charge in [0.2, 0.25) is 0 Å². The van der Waals surface area contributed by atoms with Crippen molar-refractivity contribution in [2.45, 2.75) is 25.7 Å². The third-order valence-electron chi connectivity index (χ3n) is 6.08. The molecule has 0 saturated heterocycles. The van der Waals surface area contributed by atoms with Gasteiger partial charge in [-0.15, -0.1) is 0 Å². The monoisotopic (exact) mass is 588 g/mol. The Kier molecular flexibility index (Phi) is 13.5. The van der Waals surface area contributed by atoms with Crippen LogP contribution in [0.25, 0.3) is 11.1 Å². The molecule has 0 fully saturated rings. The number of hydrogen-bond donors (Lipinski definition) is 1. The highest BCUT2D eigenvalue weighted by Gasteiger charge is 2.10. The van der Waals surface area contributed by atoms with Crippen molar-refractivity contribution < 1.29 is 43.2 Å². The van der Waals surface area contributed by atoms with Gasteiger partial charge in [0.15, 0.2) is 0 Å². The predicted octanol–water partition coefficient (Wildman–Crippen LogP) is 5.71. The summed E-state index contributed by atoms with van der Waals surface area (Å²) in [5.41, 5.74) is 2.37. The zero-order valence-corrected chi connectivity index (χ0v) is 24.0. The molecular weight excluding hydrogens is 552 g/mol. The minimum Gasteiger partial charge on any atom is -0.494 e. The van der Waals surface area contributed by atoms with Crippen LogP contribution in [0.1, 0.15) is 36.0 Å². The minimum atomic E-state index is -0.587. The summed E-state index contributed by atoms with van der Waals surface area (Å²) in [6.07, 6.45) is 3.88. The van der Waals surface area contributed by atoms with E-state index in [1.807, 2.05) is 36.4 Å². The fourth-order valence-corrected chi connectivity index (χ4v) is 3.66. The largest absolute Gasteiger partial charge is 0.494 e. The number of carbonyl (C=O) groups excluding carboxylic acids is 3. The van der Waals surface area contributed by atoms with Crippen LogP contribution in [-0.4, -0.2) is 56.0 Å². The normalized spacial score (nSPS) is 10.3.